The van der Waals surface area contributed by atoms with Crippen LogP contribution in [0.25, 0.3) is 0 Å². The molecule has 90 valence electrons. The predicted octanol–water partition coefficient (Wildman–Crippen LogP) is -1.20. The number of sulfone groups is 1. The summed E-state index contributed by atoms with van der Waals surface area (Å²) in [4.78, 5) is 12.0. The zero-order valence-electron chi connectivity index (χ0n) is 9.10. The SMILES string of the molecule is CN(CCS(C)(=O)=O)CC(C)(O)C(=O)O. The molecule has 1 unspecified atom stereocenters. The molecule has 15 heavy (non-hydrogen) atoms. The van der Waals surface area contributed by atoms with E-state index in [9.17, 15) is 18.3 Å². The minimum atomic E-state index is -3.07. The van der Waals surface area contributed by atoms with E-state index in [1.807, 2.05) is 0 Å². The van der Waals surface area contributed by atoms with Gasteiger partial charge in [-0.3, -0.25) is 0 Å². The predicted molar refractivity (Wildman–Crippen MR) is 55.5 cm³/mol. The minimum absolute atomic E-state index is 0.0564. The minimum Gasteiger partial charge on any atom is -0.479 e. The Morgan fingerprint density at radius 1 is 1.47 bits per heavy atom. The molecule has 0 spiro atoms. The van der Waals surface area contributed by atoms with Crippen LogP contribution < -0.4 is 0 Å². The van der Waals surface area contributed by atoms with Crippen molar-refractivity contribution in [2.24, 2.45) is 0 Å². The molecular weight excluding hydrogens is 222 g/mol. The van der Waals surface area contributed by atoms with E-state index in [0.29, 0.717) is 0 Å². The van der Waals surface area contributed by atoms with Gasteiger partial charge in [-0.1, -0.05) is 0 Å². The van der Waals surface area contributed by atoms with Crippen molar-refractivity contribution in [2.45, 2.75) is 12.5 Å². The molecule has 2 N–H and O–H groups in total. The van der Waals surface area contributed by atoms with Crippen LogP contribution in [0.3, 0.4) is 0 Å². The number of likely N-dealkylation sites (N-methyl/N-ethyl adjacent to an activating group) is 1. The van der Waals surface area contributed by atoms with E-state index in [4.69, 9.17) is 5.11 Å². The first-order valence-electron chi connectivity index (χ1n) is 4.36. The highest BCUT2D eigenvalue weighted by molar-refractivity contribution is 7.90. The van der Waals surface area contributed by atoms with Gasteiger partial charge in [0.05, 0.1) is 5.75 Å². The van der Waals surface area contributed by atoms with E-state index in [-0.39, 0.29) is 18.8 Å². The van der Waals surface area contributed by atoms with Gasteiger partial charge >= 0.3 is 5.97 Å². The molecule has 0 fully saturated rings. The quantitative estimate of drug-likeness (QED) is 0.604. The third kappa shape index (κ3) is 6.43. The maximum Gasteiger partial charge on any atom is 0.336 e. The van der Waals surface area contributed by atoms with Crippen LogP contribution in [0.1, 0.15) is 6.92 Å². The Labute approximate surface area is 89.4 Å². The Kier molecular flexibility index (Phi) is 4.69. The fourth-order valence-corrected chi connectivity index (χ4v) is 1.64. The van der Waals surface area contributed by atoms with E-state index in [2.05, 4.69) is 0 Å². The van der Waals surface area contributed by atoms with Crippen LogP contribution >= 0.6 is 0 Å². The fraction of sp³-hybridized carbons (Fsp3) is 0.875. The van der Waals surface area contributed by atoms with E-state index < -0.39 is 21.4 Å². The topological polar surface area (TPSA) is 94.9 Å². The molecule has 0 saturated carbocycles. The summed E-state index contributed by atoms with van der Waals surface area (Å²) in [5, 5.41) is 18.0. The van der Waals surface area contributed by atoms with Gasteiger partial charge in [0.1, 0.15) is 9.84 Å². The first-order chi connectivity index (χ1) is 6.54. The number of rotatable bonds is 6. The Morgan fingerprint density at radius 2 is 1.93 bits per heavy atom. The molecule has 0 saturated heterocycles. The van der Waals surface area contributed by atoms with Crippen molar-refractivity contribution in [3.8, 4) is 0 Å². The van der Waals surface area contributed by atoms with Crippen molar-refractivity contribution in [1.82, 2.24) is 4.90 Å². The van der Waals surface area contributed by atoms with Gasteiger partial charge in [-0.15, -0.1) is 0 Å². The monoisotopic (exact) mass is 239 g/mol. The number of nitrogens with zero attached hydrogens (tertiary/aromatic N) is 1. The molecule has 0 heterocycles. The fourth-order valence-electron chi connectivity index (χ4n) is 0.994. The maximum absolute atomic E-state index is 10.8. The molecule has 0 rings (SSSR count). The highest BCUT2D eigenvalue weighted by Gasteiger charge is 2.31. The summed E-state index contributed by atoms with van der Waals surface area (Å²) >= 11 is 0. The number of aliphatic hydroxyl groups is 1. The molecule has 0 amide bonds. The van der Waals surface area contributed by atoms with Gasteiger partial charge in [0.2, 0.25) is 0 Å². The molecule has 1 atom stereocenters. The molecule has 0 aromatic carbocycles. The summed E-state index contributed by atoms with van der Waals surface area (Å²) in [6.45, 7) is 1.26. The average Bonchev–Trinajstić information content (AvgIpc) is 1.98. The van der Waals surface area contributed by atoms with E-state index in [1.165, 1.54) is 11.8 Å². The first kappa shape index (κ1) is 14.3. The first-order valence-corrected chi connectivity index (χ1v) is 6.43. The molecule has 0 aromatic heterocycles. The third-order valence-electron chi connectivity index (χ3n) is 1.88. The Morgan fingerprint density at radius 3 is 2.27 bits per heavy atom. The second kappa shape index (κ2) is 4.91. The molecule has 0 aromatic rings. The maximum atomic E-state index is 10.8. The number of carbonyl (C=O) groups is 1. The van der Waals surface area contributed by atoms with Crippen molar-refractivity contribution < 1.29 is 23.4 Å². The molecule has 0 aliphatic heterocycles. The lowest BCUT2D eigenvalue weighted by Gasteiger charge is -2.24. The summed E-state index contributed by atoms with van der Waals surface area (Å²) in [5.74, 6) is -1.38. The lowest BCUT2D eigenvalue weighted by Crippen LogP contribution is -2.46. The molecule has 0 bridgehead atoms. The highest BCUT2D eigenvalue weighted by atomic mass is 32.2. The van der Waals surface area contributed by atoms with Gasteiger partial charge in [-0.25, -0.2) is 13.2 Å². The lowest BCUT2D eigenvalue weighted by molar-refractivity contribution is -0.158. The normalized spacial score (nSPS) is 16.3. The molecular formula is C8H17NO5S. The van der Waals surface area contributed by atoms with Crippen molar-refractivity contribution in [3.63, 3.8) is 0 Å². The number of carboxylic acid groups (broad SMARTS) is 1. The molecule has 0 radical (unpaired) electrons. The van der Waals surface area contributed by atoms with Gasteiger partial charge in [0.15, 0.2) is 5.60 Å². The summed E-state index contributed by atoms with van der Waals surface area (Å²) in [7, 11) is -1.51. The zero-order chi connectivity index (χ0) is 12.3. The van der Waals surface area contributed by atoms with E-state index in [1.54, 1.807) is 7.05 Å². The van der Waals surface area contributed by atoms with Crippen LogP contribution in [0, 0.1) is 0 Å². The van der Waals surface area contributed by atoms with Crippen molar-refractivity contribution >= 4 is 15.8 Å². The average molecular weight is 239 g/mol. The van der Waals surface area contributed by atoms with Crippen molar-refractivity contribution in [1.29, 1.82) is 0 Å². The van der Waals surface area contributed by atoms with Crippen molar-refractivity contribution in [3.05, 3.63) is 0 Å². The third-order valence-corrected chi connectivity index (χ3v) is 2.81. The number of hydrogen-bond donors (Lipinski definition) is 2. The Hall–Kier alpha value is -0.660. The highest BCUT2D eigenvalue weighted by Crippen LogP contribution is 2.05. The van der Waals surface area contributed by atoms with Gasteiger partial charge in [0.25, 0.3) is 0 Å². The van der Waals surface area contributed by atoms with E-state index >= 15 is 0 Å². The van der Waals surface area contributed by atoms with Gasteiger partial charge in [-0.2, -0.15) is 0 Å². The Balaban J connectivity index is 4.16. The number of aliphatic carboxylic acids is 1. The molecule has 7 heteroatoms. The van der Waals surface area contributed by atoms with Crippen LogP contribution in [0.15, 0.2) is 0 Å². The number of carboxylic acids is 1. The standard InChI is InChI=1S/C8H17NO5S/c1-8(12,7(10)11)6-9(2)4-5-15(3,13)14/h12H,4-6H2,1-3H3,(H,10,11). The molecule has 0 aliphatic carbocycles. The van der Waals surface area contributed by atoms with Crippen molar-refractivity contribution in [2.75, 3.05) is 32.1 Å². The van der Waals surface area contributed by atoms with Crippen LogP contribution in [0.4, 0.5) is 0 Å². The second-order valence-electron chi connectivity index (χ2n) is 3.95. The molecule has 6 nitrogen and oxygen atoms in total. The van der Waals surface area contributed by atoms with Crippen LogP contribution in [0.2, 0.25) is 0 Å². The van der Waals surface area contributed by atoms with Crippen LogP contribution in [-0.4, -0.2) is 67.2 Å². The number of hydrogen-bond acceptors (Lipinski definition) is 5. The zero-order valence-corrected chi connectivity index (χ0v) is 9.91. The summed E-state index contributed by atoms with van der Waals surface area (Å²) in [5.41, 5.74) is -1.85. The summed E-state index contributed by atoms with van der Waals surface area (Å²) in [6.07, 6.45) is 1.11. The van der Waals surface area contributed by atoms with Gasteiger partial charge < -0.3 is 15.1 Å². The molecule has 0 aliphatic rings. The summed E-state index contributed by atoms with van der Waals surface area (Å²) < 4.78 is 21.7. The summed E-state index contributed by atoms with van der Waals surface area (Å²) in [6, 6.07) is 0. The largest absolute Gasteiger partial charge is 0.479 e. The smallest absolute Gasteiger partial charge is 0.336 e. The van der Waals surface area contributed by atoms with Gasteiger partial charge in [0, 0.05) is 19.3 Å². The Bertz CT molecular complexity index is 322. The lowest BCUT2D eigenvalue weighted by atomic mass is 10.1. The second-order valence-corrected chi connectivity index (χ2v) is 6.21. The van der Waals surface area contributed by atoms with Crippen LogP contribution in [-0.2, 0) is 14.6 Å². The van der Waals surface area contributed by atoms with Gasteiger partial charge in [-0.05, 0) is 14.0 Å². The van der Waals surface area contributed by atoms with E-state index in [0.717, 1.165) is 6.26 Å². The van der Waals surface area contributed by atoms with Crippen LogP contribution in [0.5, 0.6) is 0 Å².